The number of aromatic nitrogens is 3. The van der Waals surface area contributed by atoms with Crippen molar-refractivity contribution in [3.8, 4) is 5.75 Å². The summed E-state index contributed by atoms with van der Waals surface area (Å²) in [7, 11) is 1.80. The fourth-order valence-corrected chi connectivity index (χ4v) is 3.57. The highest BCUT2D eigenvalue weighted by molar-refractivity contribution is 5.75. The average Bonchev–Trinajstić information content (AvgIpc) is 3.48. The van der Waals surface area contributed by atoms with Gasteiger partial charge in [-0.05, 0) is 30.2 Å². The lowest BCUT2D eigenvalue weighted by atomic mass is 10.0. The molecule has 1 aromatic carbocycles. The number of ether oxygens (including phenoxy) is 2. The minimum absolute atomic E-state index is 0.272. The van der Waals surface area contributed by atoms with Crippen molar-refractivity contribution in [2.24, 2.45) is 13.0 Å². The van der Waals surface area contributed by atoms with Gasteiger partial charge in [-0.25, -0.2) is 9.18 Å². The second-order valence-corrected chi connectivity index (χ2v) is 7.78. The summed E-state index contributed by atoms with van der Waals surface area (Å²) in [6, 6.07) is 7.01. The van der Waals surface area contributed by atoms with Gasteiger partial charge in [-0.1, -0.05) is 12.1 Å². The van der Waals surface area contributed by atoms with E-state index < -0.39 is 6.04 Å². The molecule has 0 bridgehead atoms. The van der Waals surface area contributed by atoms with Crippen LogP contribution in [0.15, 0.2) is 55.1 Å². The lowest BCUT2D eigenvalue weighted by molar-refractivity contribution is 0.166. The number of rotatable bonds is 8. The molecular weight excluding hydrogens is 413 g/mol. The third-order valence-corrected chi connectivity index (χ3v) is 5.34. The number of halogens is 1. The molecule has 0 radical (unpaired) electrons. The average molecular weight is 439 g/mol. The van der Waals surface area contributed by atoms with Crippen molar-refractivity contribution in [2.75, 3.05) is 19.8 Å². The highest BCUT2D eigenvalue weighted by Crippen LogP contribution is 2.23. The number of benzene rings is 1. The first kappa shape index (κ1) is 21.8. The van der Waals surface area contributed by atoms with Gasteiger partial charge < -0.3 is 20.1 Å². The molecule has 2 N–H and O–H groups in total. The number of hydrogen-bond acceptors (Lipinski definition) is 5. The lowest BCUT2D eigenvalue weighted by Gasteiger charge is -2.19. The predicted octanol–water partition coefficient (Wildman–Crippen LogP) is 2.96. The van der Waals surface area contributed by atoms with Crippen LogP contribution in [0, 0.1) is 11.7 Å². The highest BCUT2D eigenvalue weighted by Gasteiger charge is 2.20. The molecule has 1 aliphatic rings. The largest absolute Gasteiger partial charge is 0.491 e. The van der Waals surface area contributed by atoms with E-state index >= 15 is 0 Å². The van der Waals surface area contributed by atoms with Crippen LogP contribution in [0.1, 0.15) is 29.2 Å². The Morgan fingerprint density at radius 1 is 1.28 bits per heavy atom. The number of carbonyl (C=O) groups is 1. The van der Waals surface area contributed by atoms with Gasteiger partial charge in [-0.15, -0.1) is 0 Å². The number of pyridine rings is 1. The van der Waals surface area contributed by atoms with Gasteiger partial charge in [0.05, 0.1) is 31.6 Å². The van der Waals surface area contributed by atoms with Gasteiger partial charge in [-0.3, -0.25) is 9.67 Å². The topological polar surface area (TPSA) is 90.3 Å². The van der Waals surface area contributed by atoms with Crippen LogP contribution in [0.5, 0.6) is 5.75 Å². The summed E-state index contributed by atoms with van der Waals surface area (Å²) >= 11 is 0. The Hall–Kier alpha value is -3.46. The first-order chi connectivity index (χ1) is 15.6. The monoisotopic (exact) mass is 439 g/mol. The summed E-state index contributed by atoms with van der Waals surface area (Å²) in [6.07, 6.45) is 7.79. The molecule has 2 atom stereocenters. The predicted molar refractivity (Wildman–Crippen MR) is 115 cm³/mol. The quantitative estimate of drug-likeness (QED) is 0.563. The molecule has 168 valence electrons. The number of nitrogens with zero attached hydrogens (tertiary/aromatic N) is 3. The molecule has 1 aliphatic heterocycles. The smallest absolute Gasteiger partial charge is 0.315 e. The lowest BCUT2D eigenvalue weighted by Crippen LogP contribution is -2.38. The van der Waals surface area contributed by atoms with E-state index in [-0.39, 0.29) is 18.4 Å². The molecule has 4 rings (SSSR count). The van der Waals surface area contributed by atoms with E-state index in [9.17, 15) is 9.18 Å². The summed E-state index contributed by atoms with van der Waals surface area (Å²) in [5.74, 6) is 0.676. The molecular formula is C23H26FN5O3. The number of carbonyl (C=O) groups excluding carboxylic acids is 1. The van der Waals surface area contributed by atoms with Crippen LogP contribution in [-0.2, 0) is 18.3 Å². The number of urea groups is 1. The van der Waals surface area contributed by atoms with Gasteiger partial charge in [0.1, 0.15) is 11.6 Å². The Morgan fingerprint density at radius 2 is 2.12 bits per heavy atom. The molecule has 8 nitrogen and oxygen atoms in total. The molecule has 32 heavy (non-hydrogen) atoms. The molecule has 2 unspecified atom stereocenters. The minimum Gasteiger partial charge on any atom is -0.491 e. The van der Waals surface area contributed by atoms with Crippen molar-refractivity contribution in [1.82, 2.24) is 25.4 Å². The van der Waals surface area contributed by atoms with Crippen LogP contribution in [0.2, 0.25) is 0 Å². The highest BCUT2D eigenvalue weighted by atomic mass is 19.1. The Bertz CT molecular complexity index is 1030. The Morgan fingerprint density at radius 3 is 2.84 bits per heavy atom. The minimum atomic E-state index is -0.472. The van der Waals surface area contributed by atoms with Crippen molar-refractivity contribution >= 4 is 6.03 Å². The normalized spacial score (nSPS) is 16.5. The van der Waals surface area contributed by atoms with Gasteiger partial charge in [0.2, 0.25) is 0 Å². The van der Waals surface area contributed by atoms with E-state index in [0.29, 0.717) is 24.9 Å². The van der Waals surface area contributed by atoms with Crippen LogP contribution in [0.4, 0.5) is 9.18 Å². The van der Waals surface area contributed by atoms with E-state index in [0.717, 1.165) is 29.7 Å². The van der Waals surface area contributed by atoms with Crippen LogP contribution in [0.25, 0.3) is 0 Å². The standard InChI is InChI=1S/C23H26FN5O3/c1-29-13-19(11-27-29)22(17-2-4-20(24)5-3-17)28-23(30)26-10-18-6-8-25-12-21(18)32-15-16-7-9-31-14-16/h2-6,8,11-13,16,22H,7,9-10,14-15H2,1H3,(H2,26,28,30). The van der Waals surface area contributed by atoms with Crippen LogP contribution < -0.4 is 15.4 Å². The zero-order chi connectivity index (χ0) is 22.3. The SMILES string of the molecule is Cn1cc(C(NC(=O)NCc2ccncc2OCC2CCOC2)c2ccc(F)cc2)cn1. The molecule has 3 aromatic rings. The Balaban J connectivity index is 1.40. The summed E-state index contributed by atoms with van der Waals surface area (Å²) in [5, 5.41) is 10.0. The molecule has 0 aliphatic carbocycles. The maximum Gasteiger partial charge on any atom is 0.315 e. The van der Waals surface area contributed by atoms with Gasteiger partial charge >= 0.3 is 6.03 Å². The summed E-state index contributed by atoms with van der Waals surface area (Å²) in [6.45, 7) is 2.30. The Kier molecular flexibility index (Phi) is 6.96. The molecule has 0 spiro atoms. The van der Waals surface area contributed by atoms with Gasteiger partial charge in [0.15, 0.2) is 0 Å². The third-order valence-electron chi connectivity index (χ3n) is 5.34. The Labute approximate surface area is 185 Å². The second kappa shape index (κ2) is 10.2. The van der Waals surface area contributed by atoms with Crippen molar-refractivity contribution in [2.45, 2.75) is 19.0 Å². The van der Waals surface area contributed by atoms with Crippen molar-refractivity contribution < 1.29 is 18.7 Å². The zero-order valence-corrected chi connectivity index (χ0v) is 17.8. The third kappa shape index (κ3) is 5.61. The number of amides is 2. The van der Waals surface area contributed by atoms with Crippen molar-refractivity contribution in [3.05, 3.63) is 77.6 Å². The molecule has 0 saturated carbocycles. The molecule has 2 aromatic heterocycles. The zero-order valence-electron chi connectivity index (χ0n) is 17.8. The maximum atomic E-state index is 13.4. The van der Waals surface area contributed by atoms with E-state index in [1.165, 1.54) is 12.1 Å². The maximum absolute atomic E-state index is 13.4. The number of hydrogen-bond donors (Lipinski definition) is 2. The van der Waals surface area contributed by atoms with Gasteiger partial charge in [0.25, 0.3) is 0 Å². The van der Waals surface area contributed by atoms with Crippen LogP contribution >= 0.6 is 0 Å². The fraction of sp³-hybridized carbons (Fsp3) is 0.348. The van der Waals surface area contributed by atoms with Crippen molar-refractivity contribution in [3.63, 3.8) is 0 Å². The second-order valence-electron chi connectivity index (χ2n) is 7.78. The molecule has 9 heteroatoms. The van der Waals surface area contributed by atoms with Gasteiger partial charge in [0, 0.05) is 49.6 Å². The van der Waals surface area contributed by atoms with E-state index in [4.69, 9.17) is 9.47 Å². The first-order valence-corrected chi connectivity index (χ1v) is 10.5. The molecule has 3 heterocycles. The number of nitrogens with one attached hydrogen (secondary N) is 2. The summed E-state index contributed by atoms with van der Waals surface area (Å²) in [5.41, 5.74) is 2.37. The summed E-state index contributed by atoms with van der Waals surface area (Å²) < 4.78 is 26.4. The van der Waals surface area contributed by atoms with E-state index in [2.05, 4.69) is 20.7 Å². The molecule has 2 amide bonds. The van der Waals surface area contributed by atoms with Crippen LogP contribution in [-0.4, -0.2) is 40.6 Å². The van der Waals surface area contributed by atoms with E-state index in [1.54, 1.807) is 42.5 Å². The van der Waals surface area contributed by atoms with Crippen LogP contribution in [0.3, 0.4) is 0 Å². The first-order valence-electron chi connectivity index (χ1n) is 10.5. The molecule has 1 fully saturated rings. The van der Waals surface area contributed by atoms with Crippen molar-refractivity contribution in [1.29, 1.82) is 0 Å². The molecule has 1 saturated heterocycles. The fourth-order valence-electron chi connectivity index (χ4n) is 3.57. The summed E-state index contributed by atoms with van der Waals surface area (Å²) in [4.78, 5) is 16.9. The number of aryl methyl sites for hydroxylation is 1. The van der Waals surface area contributed by atoms with E-state index in [1.807, 2.05) is 12.3 Å². The van der Waals surface area contributed by atoms with Gasteiger partial charge in [-0.2, -0.15) is 5.10 Å².